The number of methoxy groups -OCH3 is 1. The molecular weight excluding hydrogens is 226 g/mol. The zero-order chi connectivity index (χ0) is 12.3. The topological polar surface area (TPSA) is 72.5 Å². The lowest BCUT2D eigenvalue weighted by atomic mass is 10.1. The largest absolute Gasteiger partial charge is 0.496 e. The number of ether oxygens (including phenoxy) is 1. The number of carboxylic acid groups (broad SMARTS) is 1. The van der Waals surface area contributed by atoms with Crippen LogP contribution in [0.3, 0.4) is 0 Å². The van der Waals surface area contributed by atoms with Crippen LogP contribution in [0.4, 0.5) is 5.69 Å². The minimum Gasteiger partial charge on any atom is -0.496 e. The zero-order valence-corrected chi connectivity index (χ0v) is 10.4. The van der Waals surface area contributed by atoms with Crippen molar-refractivity contribution in [3.63, 3.8) is 0 Å². The van der Waals surface area contributed by atoms with Crippen LogP contribution in [0.5, 0.6) is 5.75 Å². The SMILES string of the molecule is CCc1c(OC)cc(C(=O)O)c(SC)c1N. The highest BCUT2D eigenvalue weighted by Crippen LogP contribution is 2.36. The van der Waals surface area contributed by atoms with E-state index >= 15 is 0 Å². The van der Waals surface area contributed by atoms with Gasteiger partial charge in [-0.2, -0.15) is 0 Å². The lowest BCUT2D eigenvalue weighted by molar-refractivity contribution is 0.0693. The number of carbonyl (C=O) groups is 1. The number of hydrogen-bond donors (Lipinski definition) is 2. The summed E-state index contributed by atoms with van der Waals surface area (Å²) in [5, 5.41) is 9.08. The van der Waals surface area contributed by atoms with Crippen LogP contribution < -0.4 is 10.5 Å². The lowest BCUT2D eigenvalue weighted by Gasteiger charge is -2.15. The highest BCUT2D eigenvalue weighted by Gasteiger charge is 2.18. The van der Waals surface area contributed by atoms with Crippen LogP contribution in [-0.4, -0.2) is 24.4 Å². The first kappa shape index (κ1) is 12.7. The molecule has 0 bridgehead atoms. The molecule has 16 heavy (non-hydrogen) atoms. The molecule has 0 aliphatic heterocycles. The standard InChI is InChI=1S/C11H15NO3S/c1-4-6-8(15-2)5-7(11(13)14)10(16-3)9(6)12/h5H,4,12H2,1-3H3,(H,13,14). The van der Waals surface area contributed by atoms with Gasteiger partial charge in [0.15, 0.2) is 0 Å². The van der Waals surface area contributed by atoms with Crippen molar-refractivity contribution in [3.8, 4) is 5.75 Å². The Kier molecular flexibility index (Phi) is 4.06. The molecule has 4 nitrogen and oxygen atoms in total. The monoisotopic (exact) mass is 241 g/mol. The van der Waals surface area contributed by atoms with Crippen molar-refractivity contribution < 1.29 is 14.6 Å². The van der Waals surface area contributed by atoms with Gasteiger partial charge in [0.1, 0.15) is 5.75 Å². The minimum atomic E-state index is -0.989. The second-order valence-electron chi connectivity index (χ2n) is 3.21. The summed E-state index contributed by atoms with van der Waals surface area (Å²) in [5.41, 5.74) is 7.51. The van der Waals surface area contributed by atoms with Crippen LogP contribution in [0.15, 0.2) is 11.0 Å². The van der Waals surface area contributed by atoms with E-state index in [1.165, 1.54) is 24.9 Å². The quantitative estimate of drug-likeness (QED) is 0.625. The first-order valence-electron chi connectivity index (χ1n) is 4.83. The van der Waals surface area contributed by atoms with E-state index in [2.05, 4.69) is 0 Å². The predicted octanol–water partition coefficient (Wildman–Crippen LogP) is 2.26. The maximum Gasteiger partial charge on any atom is 0.337 e. The smallest absolute Gasteiger partial charge is 0.337 e. The Morgan fingerprint density at radius 2 is 2.25 bits per heavy atom. The lowest BCUT2D eigenvalue weighted by Crippen LogP contribution is -2.06. The van der Waals surface area contributed by atoms with Crippen molar-refractivity contribution in [2.45, 2.75) is 18.2 Å². The number of hydrogen-bond acceptors (Lipinski definition) is 4. The summed E-state index contributed by atoms with van der Waals surface area (Å²) in [5.74, 6) is -0.452. The van der Waals surface area contributed by atoms with Crippen LogP contribution in [-0.2, 0) is 6.42 Å². The molecule has 0 amide bonds. The Labute approximate surface area is 98.8 Å². The number of nitrogens with two attached hydrogens (primary N) is 1. The molecule has 0 aliphatic carbocycles. The van der Waals surface area contributed by atoms with Gasteiger partial charge in [-0.3, -0.25) is 0 Å². The summed E-state index contributed by atoms with van der Waals surface area (Å²) in [4.78, 5) is 11.7. The third-order valence-electron chi connectivity index (χ3n) is 2.40. The number of thioether (sulfide) groups is 1. The van der Waals surface area contributed by atoms with Crippen molar-refractivity contribution >= 4 is 23.4 Å². The predicted molar refractivity (Wildman–Crippen MR) is 65.5 cm³/mol. The van der Waals surface area contributed by atoms with E-state index in [1.54, 1.807) is 0 Å². The van der Waals surface area contributed by atoms with Crippen LogP contribution in [0.1, 0.15) is 22.8 Å². The number of aromatic carboxylic acids is 1. The summed E-state index contributed by atoms with van der Waals surface area (Å²) < 4.78 is 5.15. The molecule has 0 unspecified atom stereocenters. The minimum absolute atomic E-state index is 0.194. The average Bonchev–Trinajstić information content (AvgIpc) is 2.27. The van der Waals surface area contributed by atoms with Crippen molar-refractivity contribution in [1.82, 2.24) is 0 Å². The third-order valence-corrected chi connectivity index (χ3v) is 3.24. The van der Waals surface area contributed by atoms with Crippen LogP contribution in [0, 0.1) is 0 Å². The number of benzene rings is 1. The fraction of sp³-hybridized carbons (Fsp3) is 0.364. The van der Waals surface area contributed by atoms with Gasteiger partial charge < -0.3 is 15.6 Å². The van der Waals surface area contributed by atoms with Gasteiger partial charge in [-0.25, -0.2) is 4.79 Å². The van der Waals surface area contributed by atoms with Crippen molar-refractivity contribution in [3.05, 3.63) is 17.2 Å². The van der Waals surface area contributed by atoms with Gasteiger partial charge in [0, 0.05) is 10.5 Å². The van der Waals surface area contributed by atoms with E-state index in [4.69, 9.17) is 15.6 Å². The Morgan fingerprint density at radius 3 is 2.62 bits per heavy atom. The molecule has 0 saturated carbocycles. The molecule has 0 fully saturated rings. The molecule has 0 radical (unpaired) electrons. The highest BCUT2D eigenvalue weighted by molar-refractivity contribution is 7.98. The first-order valence-corrected chi connectivity index (χ1v) is 6.05. The molecule has 1 rings (SSSR count). The van der Waals surface area contributed by atoms with Gasteiger partial charge in [0.25, 0.3) is 0 Å². The second kappa shape index (κ2) is 5.12. The Balaban J connectivity index is 3.54. The van der Waals surface area contributed by atoms with Gasteiger partial charge in [-0.15, -0.1) is 11.8 Å². The molecule has 0 saturated heterocycles. The summed E-state index contributed by atoms with van der Waals surface area (Å²) in [7, 11) is 1.51. The Bertz CT molecular complexity index is 418. The maximum absolute atomic E-state index is 11.1. The van der Waals surface area contributed by atoms with Crippen molar-refractivity contribution in [2.24, 2.45) is 0 Å². The number of rotatable bonds is 4. The summed E-state index contributed by atoms with van der Waals surface area (Å²) in [6, 6.07) is 1.53. The zero-order valence-electron chi connectivity index (χ0n) is 9.53. The van der Waals surface area contributed by atoms with Crippen LogP contribution >= 0.6 is 11.8 Å². The first-order chi connectivity index (χ1) is 7.56. The number of anilines is 1. The van der Waals surface area contributed by atoms with Gasteiger partial charge in [0.2, 0.25) is 0 Å². The van der Waals surface area contributed by atoms with E-state index in [9.17, 15) is 4.79 Å². The average molecular weight is 241 g/mol. The fourth-order valence-corrected chi connectivity index (χ4v) is 2.33. The van der Waals surface area contributed by atoms with E-state index in [-0.39, 0.29) is 5.56 Å². The molecule has 3 N–H and O–H groups in total. The van der Waals surface area contributed by atoms with Crippen molar-refractivity contribution in [1.29, 1.82) is 0 Å². The fourth-order valence-electron chi connectivity index (χ4n) is 1.62. The summed E-state index contributed by atoms with van der Waals surface area (Å²) >= 11 is 1.34. The molecule has 0 aromatic heterocycles. The van der Waals surface area contributed by atoms with Gasteiger partial charge in [-0.05, 0) is 18.7 Å². The highest BCUT2D eigenvalue weighted by atomic mass is 32.2. The third kappa shape index (κ3) is 2.09. The van der Waals surface area contributed by atoms with Gasteiger partial charge in [-0.1, -0.05) is 6.92 Å². The number of carboxylic acids is 1. The normalized spacial score (nSPS) is 10.2. The van der Waals surface area contributed by atoms with E-state index < -0.39 is 5.97 Å². The van der Waals surface area contributed by atoms with E-state index in [0.29, 0.717) is 22.8 Å². The summed E-state index contributed by atoms with van der Waals surface area (Å²) in [6.45, 7) is 1.96. The van der Waals surface area contributed by atoms with Crippen molar-refractivity contribution in [2.75, 3.05) is 19.1 Å². The molecule has 0 atom stereocenters. The molecule has 1 aromatic rings. The van der Waals surface area contributed by atoms with Gasteiger partial charge in [0.05, 0.1) is 18.4 Å². The van der Waals surface area contributed by atoms with E-state index in [1.807, 2.05) is 13.2 Å². The van der Waals surface area contributed by atoms with Crippen LogP contribution in [0.25, 0.3) is 0 Å². The van der Waals surface area contributed by atoms with Crippen LogP contribution in [0.2, 0.25) is 0 Å². The Hall–Kier alpha value is -1.36. The maximum atomic E-state index is 11.1. The number of nitrogen functional groups attached to an aromatic ring is 1. The molecule has 1 aromatic carbocycles. The summed E-state index contributed by atoms with van der Waals surface area (Å²) in [6.07, 6.45) is 2.52. The molecule has 5 heteroatoms. The van der Waals surface area contributed by atoms with E-state index in [0.717, 1.165) is 5.56 Å². The Morgan fingerprint density at radius 1 is 1.62 bits per heavy atom. The molecule has 0 aliphatic rings. The van der Waals surface area contributed by atoms with Gasteiger partial charge >= 0.3 is 5.97 Å². The molecule has 88 valence electrons. The molecule has 0 spiro atoms. The molecule has 0 heterocycles. The molecular formula is C11H15NO3S. The second-order valence-corrected chi connectivity index (χ2v) is 4.03.